The van der Waals surface area contributed by atoms with Crippen molar-refractivity contribution in [1.82, 2.24) is 0 Å². The van der Waals surface area contributed by atoms with Gasteiger partial charge in [-0.05, 0) is 17.7 Å². The molecule has 0 saturated carbocycles. The Kier molecular flexibility index (Phi) is 4.99. The number of hydrogen-bond acceptors (Lipinski definition) is 4. The molecule has 0 heterocycles. The van der Waals surface area contributed by atoms with Crippen molar-refractivity contribution in [1.29, 1.82) is 0 Å². The third-order valence-electron chi connectivity index (χ3n) is 2.37. The molecular formula is C11H13F3N2O3. The predicted molar refractivity (Wildman–Crippen MR) is 60.8 cm³/mol. The van der Waals surface area contributed by atoms with Crippen molar-refractivity contribution < 1.29 is 28.2 Å². The van der Waals surface area contributed by atoms with Gasteiger partial charge in [0.2, 0.25) is 0 Å². The van der Waals surface area contributed by atoms with E-state index in [1.54, 1.807) is 6.07 Å². The number of ether oxygens (including phenoxy) is 1. The Labute approximate surface area is 107 Å². The zero-order chi connectivity index (χ0) is 14.5. The fourth-order valence-electron chi connectivity index (χ4n) is 1.33. The molecule has 1 aromatic rings. The highest BCUT2D eigenvalue weighted by Gasteiger charge is 2.43. The molecule has 0 aliphatic heterocycles. The Morgan fingerprint density at radius 1 is 1.42 bits per heavy atom. The van der Waals surface area contributed by atoms with Crippen LogP contribution in [0.15, 0.2) is 29.4 Å². The van der Waals surface area contributed by atoms with Gasteiger partial charge in [-0.25, -0.2) is 0 Å². The summed E-state index contributed by atoms with van der Waals surface area (Å²) in [7, 11) is 0. The van der Waals surface area contributed by atoms with E-state index in [2.05, 4.69) is 5.16 Å². The maximum atomic E-state index is 12.6. The summed E-state index contributed by atoms with van der Waals surface area (Å²) < 4.78 is 42.8. The molecule has 0 fully saturated rings. The Morgan fingerprint density at radius 3 is 2.63 bits per heavy atom. The van der Waals surface area contributed by atoms with Crippen molar-refractivity contribution in [3.05, 3.63) is 29.8 Å². The molecule has 0 aliphatic carbocycles. The summed E-state index contributed by atoms with van der Waals surface area (Å²) in [6, 6.07) is 5.98. The van der Waals surface area contributed by atoms with E-state index in [0.29, 0.717) is 5.56 Å². The maximum absolute atomic E-state index is 12.6. The SMILES string of the molecule is N/C(=N/O)C(COc1cccc(CO)c1)C(F)(F)F. The molecule has 1 unspecified atom stereocenters. The Balaban J connectivity index is 2.76. The van der Waals surface area contributed by atoms with Gasteiger partial charge in [0.25, 0.3) is 0 Å². The van der Waals surface area contributed by atoms with Gasteiger partial charge in [-0.3, -0.25) is 0 Å². The van der Waals surface area contributed by atoms with Crippen molar-refractivity contribution in [3.63, 3.8) is 0 Å². The third-order valence-corrected chi connectivity index (χ3v) is 2.37. The molecule has 106 valence electrons. The van der Waals surface area contributed by atoms with Crippen molar-refractivity contribution in [2.75, 3.05) is 6.61 Å². The van der Waals surface area contributed by atoms with Gasteiger partial charge < -0.3 is 20.8 Å². The predicted octanol–water partition coefficient (Wildman–Crippen LogP) is 1.48. The summed E-state index contributed by atoms with van der Waals surface area (Å²) in [6.07, 6.45) is -4.68. The minimum Gasteiger partial charge on any atom is -0.492 e. The van der Waals surface area contributed by atoms with E-state index in [-0.39, 0.29) is 12.4 Å². The molecule has 1 aromatic carbocycles. The maximum Gasteiger partial charge on any atom is 0.402 e. The fourth-order valence-corrected chi connectivity index (χ4v) is 1.33. The van der Waals surface area contributed by atoms with E-state index in [4.69, 9.17) is 20.8 Å². The van der Waals surface area contributed by atoms with Crippen LogP contribution in [0, 0.1) is 5.92 Å². The summed E-state index contributed by atoms with van der Waals surface area (Å²) >= 11 is 0. The first-order valence-corrected chi connectivity index (χ1v) is 5.25. The van der Waals surface area contributed by atoms with Gasteiger partial charge in [0, 0.05) is 0 Å². The lowest BCUT2D eigenvalue weighted by Crippen LogP contribution is -2.40. The van der Waals surface area contributed by atoms with Crippen molar-refractivity contribution in [2.45, 2.75) is 12.8 Å². The van der Waals surface area contributed by atoms with Gasteiger partial charge in [0.15, 0.2) is 5.84 Å². The van der Waals surface area contributed by atoms with Gasteiger partial charge in [0.1, 0.15) is 18.3 Å². The first kappa shape index (κ1) is 15.1. The summed E-state index contributed by atoms with van der Waals surface area (Å²) in [5.74, 6) is -3.01. The van der Waals surface area contributed by atoms with Gasteiger partial charge in [-0.1, -0.05) is 17.3 Å². The van der Waals surface area contributed by atoms with E-state index < -0.39 is 24.5 Å². The minimum absolute atomic E-state index is 0.159. The zero-order valence-electron chi connectivity index (χ0n) is 9.76. The zero-order valence-corrected chi connectivity index (χ0v) is 9.76. The number of nitrogens with two attached hydrogens (primary N) is 1. The van der Waals surface area contributed by atoms with Crippen LogP contribution >= 0.6 is 0 Å². The van der Waals surface area contributed by atoms with Crippen LogP contribution in [-0.2, 0) is 6.61 Å². The normalized spacial score (nSPS) is 14.2. The molecule has 19 heavy (non-hydrogen) atoms. The summed E-state index contributed by atoms with van der Waals surface area (Å²) in [4.78, 5) is 0. The molecule has 1 atom stereocenters. The standard InChI is InChI=1S/C11H13F3N2O3/c12-11(13,14)9(10(15)16-18)6-19-8-3-1-2-7(4-8)5-17/h1-4,9,17-18H,5-6H2,(H2,15,16). The fraction of sp³-hybridized carbons (Fsp3) is 0.364. The number of nitrogens with zero attached hydrogens (tertiary/aromatic N) is 1. The highest BCUT2D eigenvalue weighted by atomic mass is 19.4. The van der Waals surface area contributed by atoms with Crippen LogP contribution in [0.25, 0.3) is 0 Å². The minimum atomic E-state index is -4.68. The quantitative estimate of drug-likeness (QED) is 0.329. The second-order valence-corrected chi connectivity index (χ2v) is 3.74. The average Bonchev–Trinajstić information content (AvgIpc) is 2.37. The molecule has 0 aliphatic rings. The van der Waals surface area contributed by atoms with Gasteiger partial charge in [0.05, 0.1) is 6.61 Å². The number of benzene rings is 1. The van der Waals surface area contributed by atoms with E-state index in [9.17, 15) is 13.2 Å². The number of rotatable bonds is 5. The second-order valence-electron chi connectivity index (χ2n) is 3.74. The number of oxime groups is 1. The van der Waals surface area contributed by atoms with Crippen molar-refractivity contribution >= 4 is 5.84 Å². The van der Waals surface area contributed by atoms with Crippen LogP contribution in [0.3, 0.4) is 0 Å². The van der Waals surface area contributed by atoms with Crippen molar-refractivity contribution in [3.8, 4) is 5.75 Å². The van der Waals surface area contributed by atoms with E-state index in [1.165, 1.54) is 18.2 Å². The first-order valence-electron chi connectivity index (χ1n) is 5.25. The smallest absolute Gasteiger partial charge is 0.402 e. The summed E-state index contributed by atoms with van der Waals surface area (Å²) in [5.41, 5.74) is 5.49. The number of hydrogen-bond donors (Lipinski definition) is 3. The topological polar surface area (TPSA) is 88.1 Å². The number of halogens is 3. The van der Waals surface area contributed by atoms with Crippen LogP contribution < -0.4 is 10.5 Å². The van der Waals surface area contributed by atoms with E-state index >= 15 is 0 Å². The molecule has 0 bridgehead atoms. The summed E-state index contributed by atoms with van der Waals surface area (Å²) in [6.45, 7) is -1.06. The largest absolute Gasteiger partial charge is 0.492 e. The molecule has 4 N–H and O–H groups in total. The Bertz CT molecular complexity index is 449. The van der Waals surface area contributed by atoms with Crippen LogP contribution in [0.5, 0.6) is 5.75 Å². The Morgan fingerprint density at radius 2 is 2.11 bits per heavy atom. The number of aliphatic hydroxyl groups is 1. The second kappa shape index (κ2) is 6.28. The molecule has 1 rings (SSSR count). The average molecular weight is 278 g/mol. The van der Waals surface area contributed by atoms with E-state index in [1.807, 2.05) is 0 Å². The molecular weight excluding hydrogens is 265 g/mol. The van der Waals surface area contributed by atoms with Crippen molar-refractivity contribution in [2.24, 2.45) is 16.8 Å². The lowest BCUT2D eigenvalue weighted by molar-refractivity contribution is -0.162. The van der Waals surface area contributed by atoms with Crippen LogP contribution in [0.4, 0.5) is 13.2 Å². The molecule has 0 aromatic heterocycles. The number of amidine groups is 1. The molecule has 0 amide bonds. The van der Waals surface area contributed by atoms with Gasteiger partial charge in [-0.2, -0.15) is 13.2 Å². The summed E-state index contributed by atoms with van der Waals surface area (Å²) in [5, 5.41) is 19.6. The highest BCUT2D eigenvalue weighted by Crippen LogP contribution is 2.27. The lowest BCUT2D eigenvalue weighted by Gasteiger charge is -2.19. The van der Waals surface area contributed by atoms with Crippen LogP contribution in [0.1, 0.15) is 5.56 Å². The monoisotopic (exact) mass is 278 g/mol. The lowest BCUT2D eigenvalue weighted by atomic mass is 10.1. The van der Waals surface area contributed by atoms with Gasteiger partial charge in [-0.15, -0.1) is 0 Å². The van der Waals surface area contributed by atoms with Gasteiger partial charge >= 0.3 is 6.18 Å². The molecule has 0 saturated heterocycles. The molecule has 5 nitrogen and oxygen atoms in total. The third kappa shape index (κ3) is 4.32. The number of alkyl halides is 3. The highest BCUT2D eigenvalue weighted by molar-refractivity contribution is 5.83. The first-order chi connectivity index (χ1) is 8.88. The van der Waals surface area contributed by atoms with Crippen LogP contribution in [0.2, 0.25) is 0 Å². The molecule has 8 heteroatoms. The Hall–Kier alpha value is -1.96. The molecule has 0 spiro atoms. The molecule has 0 radical (unpaired) electrons. The number of aliphatic hydroxyl groups excluding tert-OH is 1. The van der Waals surface area contributed by atoms with Crippen LogP contribution in [-0.4, -0.2) is 28.9 Å². The van der Waals surface area contributed by atoms with E-state index in [0.717, 1.165) is 0 Å².